The van der Waals surface area contributed by atoms with E-state index >= 15 is 0 Å². The number of amides is 1. The smallest absolute Gasteiger partial charge is 0.222 e. The predicted octanol–water partition coefficient (Wildman–Crippen LogP) is 1.17. The highest BCUT2D eigenvalue weighted by Crippen LogP contribution is 2.01. The molecule has 1 N–H and O–H groups in total. The number of Topliss-reactive ketones (excluding diaryl/α,β-unsaturated/α-hetero) is 1. The minimum atomic E-state index is -0.229. The van der Waals surface area contributed by atoms with Crippen LogP contribution in [0.1, 0.15) is 27.7 Å². The number of aliphatic imine (C=N–C) groups is 1. The summed E-state index contributed by atoms with van der Waals surface area (Å²) in [5, 5.41) is 2.51. The molecule has 80 valence electrons. The topological polar surface area (TPSA) is 58.5 Å². The molecular formula is C10H18N2O2. The van der Waals surface area contributed by atoms with Crippen molar-refractivity contribution in [2.24, 2.45) is 10.9 Å². The van der Waals surface area contributed by atoms with E-state index in [1.54, 1.807) is 6.92 Å². The fraction of sp³-hybridized carbons (Fsp3) is 0.600. The summed E-state index contributed by atoms with van der Waals surface area (Å²) in [6, 6.07) is 0. The third-order valence-corrected chi connectivity index (χ3v) is 1.65. The van der Waals surface area contributed by atoms with Crippen LogP contribution in [0.2, 0.25) is 0 Å². The molecule has 1 unspecified atom stereocenters. The average molecular weight is 198 g/mol. The number of rotatable bonds is 5. The normalized spacial score (nSPS) is 10.4. The van der Waals surface area contributed by atoms with Gasteiger partial charge in [-0.25, -0.2) is 4.99 Å². The summed E-state index contributed by atoms with van der Waals surface area (Å²) in [4.78, 5) is 25.4. The summed E-state index contributed by atoms with van der Waals surface area (Å²) in [5.74, 6) is 1.90. The van der Waals surface area contributed by atoms with E-state index in [2.05, 4.69) is 22.8 Å². The highest BCUT2D eigenvalue weighted by atomic mass is 16.2. The summed E-state index contributed by atoms with van der Waals surface area (Å²) < 4.78 is 0. The largest absolute Gasteiger partial charge is 0.336 e. The van der Waals surface area contributed by atoms with E-state index < -0.39 is 0 Å². The van der Waals surface area contributed by atoms with Crippen molar-refractivity contribution in [2.45, 2.75) is 27.7 Å². The van der Waals surface area contributed by atoms with Crippen LogP contribution in [-0.4, -0.2) is 24.2 Å². The van der Waals surface area contributed by atoms with Gasteiger partial charge < -0.3 is 5.32 Å². The van der Waals surface area contributed by atoms with Gasteiger partial charge in [0.1, 0.15) is 12.5 Å². The van der Waals surface area contributed by atoms with Crippen molar-refractivity contribution in [1.29, 1.82) is 0 Å². The first-order chi connectivity index (χ1) is 6.07. The molecule has 0 heterocycles. The summed E-state index contributed by atoms with van der Waals surface area (Å²) in [5.41, 5.74) is 0. The van der Waals surface area contributed by atoms with Gasteiger partial charge in [0, 0.05) is 12.3 Å². The van der Waals surface area contributed by atoms with Crippen LogP contribution < -0.4 is 5.32 Å². The van der Waals surface area contributed by atoms with Crippen LogP contribution in [-0.2, 0) is 9.59 Å². The second-order valence-electron chi connectivity index (χ2n) is 2.79. The predicted molar refractivity (Wildman–Crippen MR) is 57.3 cm³/mol. The maximum Gasteiger partial charge on any atom is 0.222 e. The van der Waals surface area contributed by atoms with Gasteiger partial charge in [0.2, 0.25) is 5.91 Å². The molecule has 0 aliphatic rings. The van der Waals surface area contributed by atoms with Crippen molar-refractivity contribution in [3.63, 3.8) is 0 Å². The van der Waals surface area contributed by atoms with Gasteiger partial charge in [-0.2, -0.15) is 0 Å². The standard InChI is InChI=1S/C9H14N2O2.CH4/c1-4-10-6-11-9(13)5-7(2)8(3)12;/h7H,1,5-6H2,2-3H3,(H,11,13);1H4. The van der Waals surface area contributed by atoms with Crippen LogP contribution in [0.4, 0.5) is 0 Å². The molecule has 0 aromatic rings. The van der Waals surface area contributed by atoms with Crippen LogP contribution in [0.3, 0.4) is 0 Å². The molecule has 14 heavy (non-hydrogen) atoms. The minimum Gasteiger partial charge on any atom is -0.336 e. The fourth-order valence-electron chi connectivity index (χ4n) is 0.678. The zero-order chi connectivity index (χ0) is 10.3. The highest BCUT2D eigenvalue weighted by Gasteiger charge is 2.11. The molecule has 0 aromatic carbocycles. The Hall–Kier alpha value is -1.41. The van der Waals surface area contributed by atoms with Crippen LogP contribution >= 0.6 is 0 Å². The van der Waals surface area contributed by atoms with E-state index in [0.717, 1.165) is 0 Å². The van der Waals surface area contributed by atoms with Crippen molar-refractivity contribution >= 4 is 17.6 Å². The van der Waals surface area contributed by atoms with Gasteiger partial charge in [-0.1, -0.05) is 14.4 Å². The van der Waals surface area contributed by atoms with E-state index in [0.29, 0.717) is 0 Å². The van der Waals surface area contributed by atoms with Crippen molar-refractivity contribution < 1.29 is 9.59 Å². The molecule has 0 radical (unpaired) electrons. The van der Waals surface area contributed by atoms with Crippen LogP contribution in [0.15, 0.2) is 11.6 Å². The molecule has 0 spiro atoms. The van der Waals surface area contributed by atoms with E-state index in [1.807, 2.05) is 0 Å². The van der Waals surface area contributed by atoms with Crippen LogP contribution in [0.5, 0.6) is 0 Å². The molecule has 0 rings (SSSR count). The number of hydrogen-bond donors (Lipinski definition) is 1. The third kappa shape index (κ3) is 7.25. The molecule has 4 heteroatoms. The van der Waals surface area contributed by atoms with Gasteiger partial charge in [-0.15, -0.1) is 0 Å². The molecule has 0 aliphatic carbocycles. The van der Waals surface area contributed by atoms with Crippen molar-refractivity contribution in [3.8, 4) is 0 Å². The number of ketones is 1. The molecule has 4 nitrogen and oxygen atoms in total. The SMILES string of the molecule is C.C=C=NCNC(=O)CC(C)C(C)=O. The zero-order valence-electron chi connectivity index (χ0n) is 7.96. The highest BCUT2D eigenvalue weighted by molar-refractivity contribution is 5.85. The fourth-order valence-corrected chi connectivity index (χ4v) is 0.678. The third-order valence-electron chi connectivity index (χ3n) is 1.65. The Balaban J connectivity index is 0. The number of nitrogens with one attached hydrogen (secondary N) is 1. The summed E-state index contributed by atoms with van der Waals surface area (Å²) in [6.45, 7) is 6.62. The minimum absolute atomic E-state index is 0. The first-order valence-electron chi connectivity index (χ1n) is 4.03. The molecule has 1 atom stereocenters. The van der Waals surface area contributed by atoms with E-state index in [1.165, 1.54) is 6.92 Å². The lowest BCUT2D eigenvalue weighted by atomic mass is 10.0. The molecule has 0 bridgehead atoms. The van der Waals surface area contributed by atoms with Gasteiger partial charge >= 0.3 is 0 Å². The number of nitrogens with zero attached hydrogens (tertiary/aromatic N) is 1. The monoisotopic (exact) mass is 198 g/mol. The van der Waals surface area contributed by atoms with E-state index in [9.17, 15) is 9.59 Å². The summed E-state index contributed by atoms with van der Waals surface area (Å²) >= 11 is 0. The van der Waals surface area contributed by atoms with Crippen molar-refractivity contribution in [2.75, 3.05) is 6.67 Å². The van der Waals surface area contributed by atoms with Gasteiger partial charge in [-0.3, -0.25) is 9.59 Å². The first-order valence-corrected chi connectivity index (χ1v) is 4.03. The maximum atomic E-state index is 11.1. The van der Waals surface area contributed by atoms with Gasteiger partial charge in [0.15, 0.2) is 0 Å². The molecule has 0 saturated carbocycles. The molecule has 0 aliphatic heterocycles. The number of hydrogen-bond acceptors (Lipinski definition) is 3. The second kappa shape index (κ2) is 8.20. The Bertz CT molecular complexity index is 243. The molecular weight excluding hydrogens is 180 g/mol. The molecule has 0 saturated heterocycles. The Labute approximate surface area is 85.1 Å². The summed E-state index contributed by atoms with van der Waals surface area (Å²) in [7, 11) is 0. The molecule has 0 fully saturated rings. The lowest BCUT2D eigenvalue weighted by Crippen LogP contribution is -2.26. The van der Waals surface area contributed by atoms with Gasteiger partial charge in [-0.05, 0) is 19.4 Å². The van der Waals surface area contributed by atoms with Crippen LogP contribution in [0, 0.1) is 5.92 Å². The van der Waals surface area contributed by atoms with Gasteiger partial charge in [0.05, 0.1) is 0 Å². The lowest BCUT2D eigenvalue weighted by Gasteiger charge is -2.05. The quantitative estimate of drug-likeness (QED) is 0.674. The summed E-state index contributed by atoms with van der Waals surface area (Å²) in [6.07, 6.45) is 0.210. The Morgan fingerprint density at radius 3 is 2.57 bits per heavy atom. The lowest BCUT2D eigenvalue weighted by molar-refractivity contribution is -0.127. The van der Waals surface area contributed by atoms with Crippen LogP contribution in [0.25, 0.3) is 0 Å². The number of carbonyl (C=O) groups is 2. The Morgan fingerprint density at radius 2 is 2.14 bits per heavy atom. The Kier molecular flexibility index (Phi) is 8.83. The number of carbonyl (C=O) groups excluding carboxylic acids is 2. The average Bonchev–Trinajstić information content (AvgIpc) is 2.04. The Morgan fingerprint density at radius 1 is 1.57 bits per heavy atom. The van der Waals surface area contributed by atoms with Gasteiger partial charge in [0.25, 0.3) is 0 Å². The second-order valence-corrected chi connectivity index (χ2v) is 2.79. The maximum absolute atomic E-state index is 11.1. The zero-order valence-corrected chi connectivity index (χ0v) is 7.96. The van der Waals surface area contributed by atoms with E-state index in [4.69, 9.17) is 0 Å². The van der Waals surface area contributed by atoms with E-state index in [-0.39, 0.29) is 38.1 Å². The first kappa shape index (κ1) is 15.1. The van der Waals surface area contributed by atoms with Crippen molar-refractivity contribution in [1.82, 2.24) is 5.32 Å². The molecule has 1 amide bonds. The van der Waals surface area contributed by atoms with Crippen molar-refractivity contribution in [3.05, 3.63) is 6.58 Å². The molecule has 0 aromatic heterocycles.